The van der Waals surface area contributed by atoms with Gasteiger partial charge in [-0.15, -0.1) is 14.1 Å². The second-order valence-corrected chi connectivity index (χ2v) is 17.6. The number of carbonyl (C=O) groups is 1. The summed E-state index contributed by atoms with van der Waals surface area (Å²) in [5.41, 5.74) is 8.66. The molecule has 2 aromatic heterocycles. The maximum Gasteiger partial charge on any atom is 0.316 e. The zero-order valence-electron chi connectivity index (χ0n) is 24.0. The van der Waals surface area contributed by atoms with E-state index in [4.69, 9.17) is 19.9 Å². The Morgan fingerprint density at radius 1 is 1.18 bits per heavy atom. The summed E-state index contributed by atoms with van der Waals surface area (Å²) in [6, 6.07) is 6.83. The molecular weight excluding hydrogens is 526 g/mol. The van der Waals surface area contributed by atoms with E-state index < -0.39 is 19.5 Å². The van der Waals surface area contributed by atoms with E-state index in [1.807, 2.05) is 19.1 Å². The number of nitrogens with zero attached hydrogens (tertiary/aromatic N) is 4. The third-order valence-corrected chi connectivity index (χ3v) is 9.21. The number of aryl methyl sites for hydroxylation is 1. The Labute approximate surface area is 237 Å². The van der Waals surface area contributed by atoms with Crippen molar-refractivity contribution in [3.8, 4) is 17.1 Å². The van der Waals surface area contributed by atoms with Gasteiger partial charge in [-0.3, -0.25) is 9.78 Å². The van der Waals surface area contributed by atoms with Crippen LogP contribution in [0.25, 0.3) is 11.3 Å². The van der Waals surface area contributed by atoms with Crippen molar-refractivity contribution in [1.82, 2.24) is 9.97 Å². The Bertz CT molecular complexity index is 1230. The molecular formula is C29H41N5O5Si-. The Balaban J connectivity index is 1.40. The predicted molar refractivity (Wildman–Crippen MR) is 157 cm³/mol. The maximum absolute atomic E-state index is 11.6. The summed E-state index contributed by atoms with van der Waals surface area (Å²) in [6.07, 6.45) is 8.76. The number of ether oxygens (including phenoxy) is 3. The third kappa shape index (κ3) is 7.88. The van der Waals surface area contributed by atoms with Gasteiger partial charge in [0.15, 0.2) is 0 Å². The number of nitrogens with two attached hydrogens (primary N) is 1. The van der Waals surface area contributed by atoms with Crippen molar-refractivity contribution < 1.29 is 24.1 Å². The van der Waals surface area contributed by atoms with Crippen molar-refractivity contribution in [2.75, 3.05) is 19.9 Å². The lowest BCUT2D eigenvalue weighted by molar-refractivity contribution is -0.157. The summed E-state index contributed by atoms with van der Waals surface area (Å²) in [6.45, 7) is 9.86. The fourth-order valence-electron chi connectivity index (χ4n) is 4.27. The minimum absolute atomic E-state index is 0.114. The molecule has 2 aliphatic rings. The molecule has 0 aliphatic heterocycles. The van der Waals surface area contributed by atoms with Crippen molar-refractivity contribution in [1.29, 1.82) is 0 Å². The van der Waals surface area contributed by atoms with Crippen molar-refractivity contribution in [3.05, 3.63) is 41.7 Å². The van der Waals surface area contributed by atoms with Crippen LogP contribution in [0.1, 0.15) is 49.7 Å². The topological polar surface area (TPSA) is 142 Å². The average Bonchev–Trinajstić information content (AvgIpc) is 2.84. The van der Waals surface area contributed by atoms with Crippen LogP contribution >= 0.6 is 0 Å². The third-order valence-electron chi connectivity index (χ3n) is 7.51. The Morgan fingerprint density at radius 2 is 1.95 bits per heavy atom. The number of pyridine rings is 2. The first kappa shape index (κ1) is 29.7. The van der Waals surface area contributed by atoms with E-state index in [1.165, 1.54) is 0 Å². The number of amidine groups is 2. The minimum Gasteiger partial charge on any atom is -0.481 e. The molecule has 2 aliphatic carbocycles. The summed E-state index contributed by atoms with van der Waals surface area (Å²) in [4.78, 5) is 29.4. The highest BCUT2D eigenvalue weighted by Crippen LogP contribution is 2.41. The highest BCUT2D eigenvalue weighted by Gasteiger charge is 2.45. The molecule has 3 N–H and O–H groups in total. The summed E-state index contributed by atoms with van der Waals surface area (Å²) in [5.74, 6) is -0.135. The van der Waals surface area contributed by atoms with Crippen molar-refractivity contribution in [2.24, 2.45) is 21.1 Å². The van der Waals surface area contributed by atoms with Gasteiger partial charge in [0.2, 0.25) is 5.88 Å². The minimum atomic E-state index is -1.17. The lowest BCUT2D eigenvalue weighted by atomic mass is 9.69. The van der Waals surface area contributed by atoms with Crippen LogP contribution in [0.15, 0.2) is 40.6 Å². The van der Waals surface area contributed by atoms with Crippen LogP contribution in [-0.2, 0) is 14.3 Å². The molecule has 0 radical (unpaired) electrons. The fraction of sp³-hybridized carbons (Fsp3) is 0.552. The van der Waals surface area contributed by atoms with E-state index in [0.717, 1.165) is 48.5 Å². The van der Waals surface area contributed by atoms with Crippen LogP contribution in [0, 0.1) is 12.3 Å². The number of hydrogen-bond donors (Lipinski definition) is 2. The zero-order chi connectivity index (χ0) is 28.8. The van der Waals surface area contributed by atoms with Gasteiger partial charge in [-0.25, -0.2) is 9.98 Å². The standard InChI is InChI=1S/C29H41N5O5Si/c1-20-15-25(38-18-29(27(35)36)11-6-12-29)32-17-23(20)24-10-9-21(16-31-24)26(30)34-28(39-22-7-5-8-22)33-19-37-13-14-40(2,3)4/h9-10,15-17,22H,5-8,11-14,18-19H2,1-4H3,(H,35,36)(H2,30,33,34)/q-1. The first-order valence-corrected chi connectivity index (χ1v) is 17.7. The van der Waals surface area contributed by atoms with Gasteiger partial charge in [0.05, 0.1) is 5.69 Å². The van der Waals surface area contributed by atoms with Crippen molar-refractivity contribution >= 4 is 25.9 Å². The lowest BCUT2D eigenvalue weighted by Crippen LogP contribution is -2.43. The normalized spacial score (nSPS) is 17.6. The Morgan fingerprint density at radius 3 is 2.50 bits per heavy atom. The molecule has 0 aromatic carbocycles. The van der Waals surface area contributed by atoms with Gasteiger partial charge in [-0.05, 0) is 56.7 Å². The van der Waals surface area contributed by atoms with Gasteiger partial charge in [-0.1, -0.05) is 6.42 Å². The van der Waals surface area contributed by atoms with E-state index in [-0.39, 0.29) is 31.3 Å². The molecule has 2 heterocycles. The number of carboxylic acids is 1. The average molecular weight is 568 g/mol. The van der Waals surface area contributed by atoms with E-state index in [1.54, 1.807) is 18.5 Å². The molecule has 2 aromatic rings. The highest BCUT2D eigenvalue weighted by molar-refractivity contribution is 6.76. The number of aliphatic carboxylic acids is 1. The molecule has 2 fully saturated rings. The second-order valence-electron chi connectivity index (χ2n) is 12.0. The molecule has 0 amide bonds. The first-order chi connectivity index (χ1) is 19.0. The molecule has 40 heavy (non-hydrogen) atoms. The summed E-state index contributed by atoms with van der Waals surface area (Å²) < 4.78 is 17.4. The molecule has 2 saturated carbocycles. The summed E-state index contributed by atoms with van der Waals surface area (Å²) in [5, 5.41) is 9.51. The summed E-state index contributed by atoms with van der Waals surface area (Å²) in [7, 11) is -1.17. The number of aliphatic imine (C=N–C) groups is 2. The van der Waals surface area contributed by atoms with Crippen LogP contribution in [0.3, 0.4) is 0 Å². The van der Waals surface area contributed by atoms with Gasteiger partial charge >= 0.3 is 12.0 Å². The number of rotatable bonds is 12. The largest absolute Gasteiger partial charge is 0.481 e. The van der Waals surface area contributed by atoms with Gasteiger partial charge in [0.25, 0.3) is 0 Å². The van der Waals surface area contributed by atoms with Crippen molar-refractivity contribution in [3.63, 3.8) is 0 Å². The highest BCUT2D eigenvalue weighted by atomic mass is 28.3. The fourth-order valence-corrected chi connectivity index (χ4v) is 5.02. The molecule has 0 saturated heterocycles. The van der Waals surface area contributed by atoms with Gasteiger partial charge < -0.3 is 25.1 Å². The molecule has 4 rings (SSSR count). The van der Waals surface area contributed by atoms with Crippen molar-refractivity contribution in [2.45, 2.75) is 77.2 Å². The van der Waals surface area contributed by atoms with Crippen LogP contribution in [-0.4, -0.2) is 67.0 Å². The number of hydrogen-bond acceptors (Lipinski definition) is 7. The lowest BCUT2D eigenvalue weighted by Gasteiger charge is -2.36. The molecule has 10 nitrogen and oxygen atoms in total. The molecule has 11 heteroatoms. The van der Waals surface area contributed by atoms with Gasteiger partial charge in [0, 0.05) is 36.2 Å². The smallest absolute Gasteiger partial charge is 0.316 e. The van der Waals surface area contributed by atoms with Crippen LogP contribution < -0.4 is 10.5 Å². The number of carboxylic acid groups (broad SMARTS) is 1. The van der Waals surface area contributed by atoms with Gasteiger partial charge in [0.1, 0.15) is 30.7 Å². The first-order valence-electron chi connectivity index (χ1n) is 14.0. The van der Waals surface area contributed by atoms with Crippen LogP contribution in [0.2, 0.25) is 25.7 Å². The maximum atomic E-state index is 11.6. The number of aromatic nitrogens is 2. The second kappa shape index (κ2) is 12.9. The zero-order valence-corrected chi connectivity index (χ0v) is 25.0. The van der Waals surface area contributed by atoms with E-state index in [2.05, 4.69) is 39.6 Å². The summed E-state index contributed by atoms with van der Waals surface area (Å²) >= 11 is 0. The quantitative estimate of drug-likeness (QED) is 0.157. The van der Waals surface area contributed by atoms with E-state index >= 15 is 0 Å². The Kier molecular flexibility index (Phi) is 9.57. The van der Waals surface area contributed by atoms with Crippen LogP contribution in [0.5, 0.6) is 5.88 Å². The molecule has 0 unspecified atom stereocenters. The van der Waals surface area contributed by atoms with E-state index in [0.29, 0.717) is 30.9 Å². The Hall–Kier alpha value is -3.31. The van der Waals surface area contributed by atoms with Crippen LogP contribution in [0.4, 0.5) is 0 Å². The molecule has 217 valence electrons. The van der Waals surface area contributed by atoms with E-state index in [9.17, 15) is 9.90 Å². The molecule has 0 bridgehead atoms. The molecule has 0 atom stereocenters. The monoisotopic (exact) mass is 567 g/mol. The predicted octanol–water partition coefficient (Wildman–Crippen LogP) is 5.03. The molecule has 0 spiro atoms. The SMILES string of the molecule is Cc1cc(OCC2(C(=O)O)CCC2)ncc1-c1ccc(C(N)=NC(=NCOCC[Si-](C)(C)C)OC2CCC2)cn1. The van der Waals surface area contributed by atoms with Gasteiger partial charge in [-0.2, -0.15) is 24.6 Å².